The molecule has 0 saturated carbocycles. The van der Waals surface area contributed by atoms with E-state index in [0.717, 1.165) is 54.4 Å². The summed E-state index contributed by atoms with van der Waals surface area (Å²) >= 11 is 0. The van der Waals surface area contributed by atoms with Crippen LogP contribution in [0.4, 0.5) is 16.3 Å². The lowest BCUT2D eigenvalue weighted by Gasteiger charge is -2.39. The number of anilines is 2. The number of amides is 2. The Morgan fingerprint density at radius 1 is 1.17 bits per heavy atom. The summed E-state index contributed by atoms with van der Waals surface area (Å²) < 4.78 is 0. The summed E-state index contributed by atoms with van der Waals surface area (Å²) in [5.41, 5.74) is 3.48. The van der Waals surface area contributed by atoms with Gasteiger partial charge in [-0.05, 0) is 48.7 Å². The molecule has 1 saturated heterocycles. The topological polar surface area (TPSA) is 97.8 Å². The molecule has 4 rings (SSSR count). The van der Waals surface area contributed by atoms with Gasteiger partial charge in [0.2, 0.25) is 5.91 Å². The molecule has 158 valence electrons. The van der Waals surface area contributed by atoms with Gasteiger partial charge in [0.05, 0.1) is 6.04 Å². The van der Waals surface area contributed by atoms with E-state index >= 15 is 0 Å². The van der Waals surface area contributed by atoms with Gasteiger partial charge in [-0.25, -0.2) is 9.78 Å². The zero-order chi connectivity index (χ0) is 21.3. The lowest BCUT2D eigenvalue weighted by atomic mass is 9.89. The largest absolute Gasteiger partial charge is 0.465 e. The van der Waals surface area contributed by atoms with Gasteiger partial charge >= 0.3 is 6.09 Å². The minimum atomic E-state index is -1.07. The van der Waals surface area contributed by atoms with Crippen LogP contribution in [0.25, 0.3) is 11.1 Å². The van der Waals surface area contributed by atoms with Gasteiger partial charge in [-0.15, -0.1) is 0 Å². The van der Waals surface area contributed by atoms with E-state index < -0.39 is 6.09 Å². The number of nitrogens with zero attached hydrogens (tertiary/aromatic N) is 3. The van der Waals surface area contributed by atoms with E-state index in [4.69, 9.17) is 0 Å². The van der Waals surface area contributed by atoms with Gasteiger partial charge in [0.15, 0.2) is 0 Å². The van der Waals surface area contributed by atoms with Crippen molar-refractivity contribution in [1.29, 1.82) is 0 Å². The van der Waals surface area contributed by atoms with Crippen LogP contribution in [0.2, 0.25) is 0 Å². The third kappa shape index (κ3) is 3.95. The second kappa shape index (κ2) is 8.31. The van der Waals surface area contributed by atoms with Crippen LogP contribution < -0.4 is 20.4 Å². The Hall–Kier alpha value is -3.13. The minimum absolute atomic E-state index is 0.0488. The maximum absolute atomic E-state index is 12.2. The second-order valence-corrected chi connectivity index (χ2v) is 7.89. The van der Waals surface area contributed by atoms with Crippen molar-refractivity contribution in [1.82, 2.24) is 15.6 Å². The predicted molar refractivity (Wildman–Crippen MR) is 116 cm³/mol. The summed E-state index contributed by atoms with van der Waals surface area (Å²) in [7, 11) is 0. The molecule has 0 aliphatic carbocycles. The summed E-state index contributed by atoms with van der Waals surface area (Å²) in [5, 5.41) is 15.2. The van der Waals surface area contributed by atoms with Crippen LogP contribution in [-0.4, -0.2) is 54.3 Å². The van der Waals surface area contributed by atoms with Crippen molar-refractivity contribution in [3.63, 3.8) is 0 Å². The van der Waals surface area contributed by atoms with Gasteiger partial charge in [0.1, 0.15) is 5.82 Å². The number of benzene rings is 1. The first-order valence-corrected chi connectivity index (χ1v) is 10.3. The van der Waals surface area contributed by atoms with Crippen molar-refractivity contribution in [3.8, 4) is 11.1 Å². The maximum atomic E-state index is 12.2. The molecule has 2 aliphatic rings. The molecular weight excluding hydrogens is 382 g/mol. The summed E-state index contributed by atoms with van der Waals surface area (Å²) in [6.07, 6.45) is 1.32. The fourth-order valence-electron chi connectivity index (χ4n) is 4.45. The Labute approximate surface area is 175 Å². The van der Waals surface area contributed by atoms with Crippen molar-refractivity contribution < 1.29 is 14.7 Å². The second-order valence-electron chi connectivity index (χ2n) is 7.89. The molecule has 3 heterocycles. The Bertz CT molecular complexity index is 940. The fourth-order valence-corrected chi connectivity index (χ4v) is 4.45. The number of hydrogen-bond donors (Lipinski definition) is 3. The quantitative estimate of drug-likeness (QED) is 0.721. The SMILES string of the molecule is CC(=O)N1c2ccc(-c3ccc(N4CCNCC4)nc3)cc2[C@H](NC(=O)O)C[C@@H]1C. The molecule has 2 aliphatic heterocycles. The van der Waals surface area contributed by atoms with Gasteiger partial charge in [-0.1, -0.05) is 6.07 Å². The van der Waals surface area contributed by atoms with E-state index in [1.807, 2.05) is 43.5 Å². The molecule has 8 heteroatoms. The van der Waals surface area contributed by atoms with Gasteiger partial charge in [-0.2, -0.15) is 0 Å². The number of carbonyl (C=O) groups excluding carboxylic acids is 1. The first-order valence-electron chi connectivity index (χ1n) is 10.3. The van der Waals surface area contributed by atoms with Crippen LogP contribution in [0.3, 0.4) is 0 Å². The molecule has 3 N–H and O–H groups in total. The van der Waals surface area contributed by atoms with E-state index in [1.165, 1.54) is 6.92 Å². The monoisotopic (exact) mass is 409 g/mol. The van der Waals surface area contributed by atoms with Gasteiger partial charge in [0, 0.05) is 56.6 Å². The van der Waals surface area contributed by atoms with Crippen molar-refractivity contribution in [3.05, 3.63) is 42.1 Å². The Morgan fingerprint density at radius 3 is 2.53 bits per heavy atom. The first kappa shape index (κ1) is 20.2. The molecule has 0 bridgehead atoms. The number of rotatable bonds is 3. The number of carbonyl (C=O) groups is 2. The summed E-state index contributed by atoms with van der Waals surface area (Å²) in [6.45, 7) is 7.26. The van der Waals surface area contributed by atoms with Crippen molar-refractivity contribution >= 4 is 23.5 Å². The number of aromatic nitrogens is 1. The van der Waals surface area contributed by atoms with Gasteiger partial charge in [0.25, 0.3) is 0 Å². The van der Waals surface area contributed by atoms with E-state index in [1.54, 1.807) is 4.90 Å². The standard InChI is InChI=1S/C22H27N5O3/c1-14-11-19(25-22(29)30)18-12-16(3-5-20(18)27(14)15(2)28)17-4-6-21(24-13-17)26-9-7-23-8-10-26/h3-6,12-14,19,23,25H,7-11H2,1-2H3,(H,29,30)/t14-,19+/m0/s1. The Morgan fingerprint density at radius 2 is 1.90 bits per heavy atom. The van der Waals surface area contributed by atoms with Gasteiger partial charge in [-0.3, -0.25) is 4.79 Å². The average molecular weight is 409 g/mol. The van der Waals surface area contributed by atoms with E-state index in [-0.39, 0.29) is 18.0 Å². The molecule has 1 fully saturated rings. The average Bonchev–Trinajstić information content (AvgIpc) is 2.73. The molecule has 30 heavy (non-hydrogen) atoms. The van der Waals surface area contributed by atoms with E-state index in [2.05, 4.69) is 20.5 Å². The molecule has 0 radical (unpaired) electrons. The minimum Gasteiger partial charge on any atom is -0.465 e. The molecule has 8 nitrogen and oxygen atoms in total. The number of fused-ring (bicyclic) bond motifs is 1. The van der Waals surface area contributed by atoms with Gasteiger partial charge < -0.3 is 25.5 Å². The van der Waals surface area contributed by atoms with Crippen LogP contribution in [0.15, 0.2) is 36.5 Å². The summed E-state index contributed by atoms with van der Waals surface area (Å²) in [5.74, 6) is 0.910. The van der Waals surface area contributed by atoms with Crippen molar-refractivity contribution in [2.45, 2.75) is 32.4 Å². The van der Waals surface area contributed by atoms with Crippen molar-refractivity contribution in [2.24, 2.45) is 0 Å². The normalized spacial score (nSPS) is 21.1. The molecule has 1 aromatic heterocycles. The highest BCUT2D eigenvalue weighted by atomic mass is 16.4. The number of hydrogen-bond acceptors (Lipinski definition) is 5. The fraction of sp³-hybridized carbons (Fsp3) is 0.409. The number of carboxylic acid groups (broad SMARTS) is 1. The van der Waals surface area contributed by atoms with Crippen LogP contribution in [0.1, 0.15) is 31.9 Å². The lowest BCUT2D eigenvalue weighted by Crippen LogP contribution is -2.45. The van der Waals surface area contributed by atoms with Crippen LogP contribution in [-0.2, 0) is 4.79 Å². The highest BCUT2D eigenvalue weighted by Crippen LogP contribution is 2.39. The third-order valence-electron chi connectivity index (χ3n) is 5.84. The highest BCUT2D eigenvalue weighted by molar-refractivity contribution is 5.94. The zero-order valence-electron chi connectivity index (χ0n) is 17.3. The third-order valence-corrected chi connectivity index (χ3v) is 5.84. The molecule has 0 spiro atoms. The number of nitrogens with one attached hydrogen (secondary N) is 2. The first-order chi connectivity index (χ1) is 14.4. The Balaban J connectivity index is 1.67. The summed E-state index contributed by atoms with van der Waals surface area (Å²) in [6, 6.07) is 9.46. The van der Waals surface area contributed by atoms with E-state index in [9.17, 15) is 14.7 Å². The predicted octanol–water partition coefficient (Wildman–Crippen LogP) is 2.61. The maximum Gasteiger partial charge on any atom is 0.405 e. The molecular formula is C22H27N5O3. The molecule has 0 unspecified atom stereocenters. The lowest BCUT2D eigenvalue weighted by molar-refractivity contribution is -0.117. The molecule has 1 aromatic carbocycles. The van der Waals surface area contributed by atoms with Crippen LogP contribution in [0, 0.1) is 0 Å². The highest BCUT2D eigenvalue weighted by Gasteiger charge is 2.33. The number of pyridine rings is 1. The van der Waals surface area contributed by atoms with Crippen LogP contribution in [0.5, 0.6) is 0 Å². The molecule has 2 atom stereocenters. The molecule has 2 aromatic rings. The van der Waals surface area contributed by atoms with E-state index in [0.29, 0.717) is 6.42 Å². The van der Waals surface area contributed by atoms with Crippen molar-refractivity contribution in [2.75, 3.05) is 36.0 Å². The van der Waals surface area contributed by atoms with Crippen LogP contribution >= 0.6 is 0 Å². The smallest absolute Gasteiger partial charge is 0.405 e. The summed E-state index contributed by atoms with van der Waals surface area (Å²) in [4.78, 5) is 32.2. The number of piperazine rings is 1. The molecule has 2 amide bonds. The Kier molecular flexibility index (Phi) is 5.59. The zero-order valence-corrected chi connectivity index (χ0v) is 17.3.